The molecule has 1 rings (SSSR count). The summed E-state index contributed by atoms with van der Waals surface area (Å²) >= 11 is 1.72. The van der Waals surface area contributed by atoms with Gasteiger partial charge in [-0.1, -0.05) is 19.1 Å². The lowest BCUT2D eigenvalue weighted by Crippen LogP contribution is -2.26. The molecule has 0 unspecified atom stereocenters. The first-order chi connectivity index (χ1) is 9.53. The van der Waals surface area contributed by atoms with Crippen LogP contribution in [0.4, 0.5) is 0 Å². The van der Waals surface area contributed by atoms with Gasteiger partial charge in [0.25, 0.3) is 0 Å². The Hall–Kier alpha value is -0.560. The largest absolute Gasteiger partial charge is 0.313 e. The predicted molar refractivity (Wildman–Crippen MR) is 86.7 cm³/mol. The second-order valence-electron chi connectivity index (χ2n) is 4.56. The Morgan fingerprint density at radius 1 is 1.30 bits per heavy atom. The molecule has 20 heavy (non-hydrogen) atoms. The minimum Gasteiger partial charge on any atom is -0.313 e. The second kappa shape index (κ2) is 8.67. The summed E-state index contributed by atoms with van der Waals surface area (Å²) in [6, 6.07) is 5.43. The zero-order valence-corrected chi connectivity index (χ0v) is 14.0. The number of hydrogen-bond donors (Lipinski definition) is 2. The number of sulfonamides is 1. The summed E-state index contributed by atoms with van der Waals surface area (Å²) in [7, 11) is -3.41. The summed E-state index contributed by atoms with van der Waals surface area (Å²) in [5, 5.41) is 3.23. The van der Waals surface area contributed by atoms with Gasteiger partial charge < -0.3 is 5.32 Å². The standard InChI is InChI=1S/C14H24N2O2S2/c1-4-15-11-13-7-5-8-14(12(13)2)20(17,18)16-9-6-10-19-3/h5,7-8,15-16H,4,6,9-11H2,1-3H3. The van der Waals surface area contributed by atoms with Gasteiger partial charge >= 0.3 is 0 Å². The van der Waals surface area contributed by atoms with E-state index >= 15 is 0 Å². The molecule has 0 aromatic heterocycles. The van der Waals surface area contributed by atoms with Crippen LogP contribution in [0.1, 0.15) is 24.5 Å². The van der Waals surface area contributed by atoms with E-state index in [-0.39, 0.29) is 0 Å². The van der Waals surface area contributed by atoms with Gasteiger partial charge in [-0.3, -0.25) is 0 Å². The van der Waals surface area contributed by atoms with E-state index in [1.807, 2.05) is 26.2 Å². The number of hydrogen-bond acceptors (Lipinski definition) is 4. The lowest BCUT2D eigenvalue weighted by Gasteiger charge is -2.13. The van der Waals surface area contributed by atoms with Crippen molar-refractivity contribution in [3.63, 3.8) is 0 Å². The fraction of sp³-hybridized carbons (Fsp3) is 0.571. The molecule has 6 heteroatoms. The molecule has 2 N–H and O–H groups in total. The molecular formula is C14H24N2O2S2. The van der Waals surface area contributed by atoms with Crippen molar-refractivity contribution in [1.82, 2.24) is 10.0 Å². The topological polar surface area (TPSA) is 58.2 Å². The average molecular weight is 316 g/mol. The van der Waals surface area contributed by atoms with Gasteiger partial charge in [0.2, 0.25) is 10.0 Å². The fourth-order valence-electron chi connectivity index (χ4n) is 1.90. The first-order valence-corrected chi connectivity index (χ1v) is 9.68. The molecule has 0 bridgehead atoms. The number of nitrogens with one attached hydrogen (secondary N) is 2. The maximum atomic E-state index is 12.3. The van der Waals surface area contributed by atoms with Crippen LogP contribution in [0.15, 0.2) is 23.1 Å². The summed E-state index contributed by atoms with van der Waals surface area (Å²) in [4.78, 5) is 0.386. The maximum Gasteiger partial charge on any atom is 0.240 e. The van der Waals surface area contributed by atoms with Crippen molar-refractivity contribution in [1.29, 1.82) is 0 Å². The van der Waals surface area contributed by atoms with Crippen molar-refractivity contribution in [3.8, 4) is 0 Å². The van der Waals surface area contributed by atoms with Crippen LogP contribution in [0, 0.1) is 6.92 Å². The van der Waals surface area contributed by atoms with Gasteiger partial charge in [-0.15, -0.1) is 0 Å². The normalized spacial score (nSPS) is 11.8. The number of thioether (sulfide) groups is 1. The quantitative estimate of drug-likeness (QED) is 0.685. The van der Waals surface area contributed by atoms with Gasteiger partial charge in [-0.2, -0.15) is 11.8 Å². The zero-order chi connectivity index (χ0) is 15.0. The highest BCUT2D eigenvalue weighted by molar-refractivity contribution is 7.98. The van der Waals surface area contributed by atoms with E-state index in [0.717, 1.165) is 29.8 Å². The summed E-state index contributed by atoms with van der Waals surface area (Å²) in [6.07, 6.45) is 2.86. The Labute approximate surface area is 126 Å². The molecule has 0 saturated carbocycles. The van der Waals surface area contributed by atoms with E-state index in [2.05, 4.69) is 10.0 Å². The lowest BCUT2D eigenvalue weighted by molar-refractivity contribution is 0.580. The van der Waals surface area contributed by atoms with E-state index < -0.39 is 10.0 Å². The summed E-state index contributed by atoms with van der Waals surface area (Å²) < 4.78 is 27.3. The molecule has 1 aromatic carbocycles. The van der Waals surface area contributed by atoms with Crippen LogP contribution >= 0.6 is 11.8 Å². The van der Waals surface area contributed by atoms with Gasteiger partial charge in [-0.25, -0.2) is 13.1 Å². The van der Waals surface area contributed by atoms with Crippen LogP contribution in [0.5, 0.6) is 0 Å². The smallest absolute Gasteiger partial charge is 0.240 e. The molecule has 0 aliphatic rings. The van der Waals surface area contributed by atoms with Gasteiger partial charge in [0.05, 0.1) is 4.90 Å². The molecule has 0 heterocycles. The zero-order valence-electron chi connectivity index (χ0n) is 12.4. The molecule has 0 radical (unpaired) electrons. The Kier molecular flexibility index (Phi) is 7.58. The Bertz CT molecular complexity index is 516. The molecule has 0 fully saturated rings. The van der Waals surface area contributed by atoms with E-state index in [4.69, 9.17) is 0 Å². The van der Waals surface area contributed by atoms with Crippen molar-refractivity contribution in [2.45, 2.75) is 31.7 Å². The fourth-order valence-corrected chi connectivity index (χ4v) is 3.70. The van der Waals surface area contributed by atoms with E-state index in [1.165, 1.54) is 0 Å². The van der Waals surface area contributed by atoms with Crippen LogP contribution in [-0.2, 0) is 16.6 Å². The lowest BCUT2D eigenvalue weighted by atomic mass is 10.1. The molecule has 4 nitrogen and oxygen atoms in total. The summed E-state index contributed by atoms with van der Waals surface area (Å²) in [6.45, 7) is 5.94. The van der Waals surface area contributed by atoms with Crippen LogP contribution < -0.4 is 10.0 Å². The van der Waals surface area contributed by atoms with Crippen molar-refractivity contribution < 1.29 is 8.42 Å². The third-order valence-electron chi connectivity index (χ3n) is 3.07. The van der Waals surface area contributed by atoms with Crippen LogP contribution in [-0.4, -0.2) is 33.5 Å². The molecule has 0 saturated heterocycles. The highest BCUT2D eigenvalue weighted by atomic mass is 32.2. The highest BCUT2D eigenvalue weighted by Crippen LogP contribution is 2.18. The van der Waals surface area contributed by atoms with Gasteiger partial charge in [0.1, 0.15) is 0 Å². The Morgan fingerprint density at radius 3 is 2.70 bits per heavy atom. The molecule has 0 aliphatic carbocycles. The van der Waals surface area contributed by atoms with Crippen LogP contribution in [0.25, 0.3) is 0 Å². The molecule has 0 amide bonds. The summed E-state index contributed by atoms with van der Waals surface area (Å²) in [5.41, 5.74) is 1.85. The van der Waals surface area contributed by atoms with Gasteiger partial charge in [0, 0.05) is 13.1 Å². The first kappa shape index (κ1) is 17.5. The van der Waals surface area contributed by atoms with Crippen molar-refractivity contribution in [2.24, 2.45) is 0 Å². The predicted octanol–water partition coefficient (Wildman–Crippen LogP) is 2.14. The van der Waals surface area contributed by atoms with Crippen molar-refractivity contribution in [2.75, 3.05) is 25.1 Å². The van der Waals surface area contributed by atoms with Crippen LogP contribution in [0.2, 0.25) is 0 Å². The minimum absolute atomic E-state index is 0.386. The monoisotopic (exact) mass is 316 g/mol. The molecule has 1 aromatic rings. The average Bonchev–Trinajstić information content (AvgIpc) is 2.42. The van der Waals surface area contributed by atoms with Crippen molar-refractivity contribution >= 4 is 21.8 Å². The molecular weight excluding hydrogens is 292 g/mol. The van der Waals surface area contributed by atoms with Gasteiger partial charge in [-0.05, 0) is 49.1 Å². The van der Waals surface area contributed by atoms with Crippen LogP contribution in [0.3, 0.4) is 0 Å². The minimum atomic E-state index is -3.41. The SMILES string of the molecule is CCNCc1cccc(S(=O)(=O)NCCCSC)c1C. The van der Waals surface area contributed by atoms with E-state index in [9.17, 15) is 8.42 Å². The molecule has 114 valence electrons. The summed E-state index contributed by atoms with van der Waals surface area (Å²) in [5.74, 6) is 0.960. The second-order valence-corrected chi connectivity index (χ2v) is 7.29. The van der Waals surface area contributed by atoms with Crippen molar-refractivity contribution in [3.05, 3.63) is 29.3 Å². The molecule has 0 spiro atoms. The van der Waals surface area contributed by atoms with Gasteiger partial charge in [0.15, 0.2) is 0 Å². The van der Waals surface area contributed by atoms with E-state index in [1.54, 1.807) is 23.9 Å². The third-order valence-corrected chi connectivity index (χ3v) is 5.37. The molecule has 0 atom stereocenters. The Balaban J connectivity index is 2.83. The first-order valence-electron chi connectivity index (χ1n) is 6.80. The number of rotatable bonds is 9. The molecule has 0 aliphatic heterocycles. The third kappa shape index (κ3) is 5.09. The number of benzene rings is 1. The van der Waals surface area contributed by atoms with E-state index in [0.29, 0.717) is 18.0 Å². The highest BCUT2D eigenvalue weighted by Gasteiger charge is 2.17. The Morgan fingerprint density at radius 2 is 2.05 bits per heavy atom. The maximum absolute atomic E-state index is 12.3.